The highest BCUT2D eigenvalue weighted by Gasteiger charge is 2.35. The summed E-state index contributed by atoms with van der Waals surface area (Å²) in [6, 6.07) is 3.72. The van der Waals surface area contributed by atoms with Crippen molar-refractivity contribution >= 4 is 29.0 Å². The lowest BCUT2D eigenvalue weighted by Gasteiger charge is -2.16. The molecule has 1 aromatic carbocycles. The molecule has 0 N–H and O–H groups in total. The van der Waals surface area contributed by atoms with Gasteiger partial charge < -0.3 is 4.90 Å². The van der Waals surface area contributed by atoms with Crippen molar-refractivity contribution < 1.29 is 14.0 Å². The van der Waals surface area contributed by atoms with Crippen molar-refractivity contribution in [2.75, 3.05) is 11.4 Å². The number of halogens is 2. The van der Waals surface area contributed by atoms with E-state index in [9.17, 15) is 14.0 Å². The van der Waals surface area contributed by atoms with E-state index in [2.05, 4.69) is 0 Å². The maximum Gasteiger partial charge on any atom is 0.299 e. The van der Waals surface area contributed by atoms with Gasteiger partial charge in [0.1, 0.15) is 5.82 Å². The molecule has 2 rings (SSSR count). The largest absolute Gasteiger partial charge is 0.301 e. The Hall–Kier alpha value is -1.68. The number of hydrogen-bond acceptors (Lipinski definition) is 2. The second kappa shape index (κ2) is 4.30. The van der Waals surface area contributed by atoms with E-state index in [1.54, 1.807) is 6.92 Å². The van der Waals surface area contributed by atoms with Crippen LogP contribution in [0.3, 0.4) is 0 Å². The summed E-state index contributed by atoms with van der Waals surface area (Å²) in [5.74, 6) is -1.86. The number of Topliss-reactive ketones (excluding diaryl/α,β-unsaturated/α-hetero) is 1. The molecule has 0 saturated carbocycles. The van der Waals surface area contributed by atoms with Crippen molar-refractivity contribution in [1.82, 2.24) is 0 Å². The summed E-state index contributed by atoms with van der Waals surface area (Å²) in [4.78, 5) is 24.6. The highest BCUT2D eigenvalue weighted by Crippen LogP contribution is 2.30. The number of carbonyl (C=O) groups excluding carboxylic acids is 2. The Morgan fingerprint density at radius 3 is 2.82 bits per heavy atom. The van der Waals surface area contributed by atoms with E-state index in [1.165, 1.54) is 22.6 Å². The van der Waals surface area contributed by atoms with Crippen LogP contribution < -0.4 is 4.90 Å². The quantitative estimate of drug-likeness (QED) is 0.760. The number of ketones is 1. The molecule has 0 aliphatic carbocycles. The summed E-state index contributed by atoms with van der Waals surface area (Å²) in [5.41, 5.74) is 2.63. The van der Waals surface area contributed by atoms with Gasteiger partial charge in [0.15, 0.2) is 0 Å². The van der Waals surface area contributed by atoms with Crippen LogP contribution >= 0.6 is 11.6 Å². The van der Waals surface area contributed by atoms with Crippen LogP contribution in [0.5, 0.6) is 0 Å². The van der Waals surface area contributed by atoms with Crippen molar-refractivity contribution in [3.8, 4) is 0 Å². The van der Waals surface area contributed by atoms with Gasteiger partial charge in [-0.2, -0.15) is 0 Å². The molecule has 1 aliphatic rings. The van der Waals surface area contributed by atoms with Gasteiger partial charge in [0.2, 0.25) is 0 Å². The van der Waals surface area contributed by atoms with E-state index < -0.39 is 17.5 Å². The molecule has 0 radical (unpaired) electrons. The van der Waals surface area contributed by atoms with Gasteiger partial charge in [-0.25, -0.2) is 4.39 Å². The Kier molecular flexibility index (Phi) is 2.98. The van der Waals surface area contributed by atoms with Gasteiger partial charge in [0.25, 0.3) is 11.7 Å². The van der Waals surface area contributed by atoms with Crippen LogP contribution in [0.15, 0.2) is 29.3 Å². The maximum atomic E-state index is 13.0. The Morgan fingerprint density at radius 2 is 2.18 bits per heavy atom. The molecule has 0 fully saturated rings. The lowest BCUT2D eigenvalue weighted by atomic mass is 10.1. The zero-order valence-electron chi connectivity index (χ0n) is 9.04. The summed E-state index contributed by atoms with van der Waals surface area (Å²) in [6.45, 7) is 1.97. The van der Waals surface area contributed by atoms with Crippen LogP contribution in [0.4, 0.5) is 10.1 Å². The first kappa shape index (κ1) is 11.8. The van der Waals surface area contributed by atoms with E-state index in [0.29, 0.717) is 5.69 Å². The van der Waals surface area contributed by atoms with Crippen LogP contribution in [0.25, 0.3) is 0 Å². The zero-order chi connectivity index (χ0) is 12.6. The molecule has 0 unspecified atom stereocenters. The first-order chi connectivity index (χ1) is 8.04. The molecule has 0 atom stereocenters. The molecule has 5 heteroatoms. The van der Waals surface area contributed by atoms with Crippen LogP contribution in [0.1, 0.15) is 17.3 Å². The van der Waals surface area contributed by atoms with Crippen molar-refractivity contribution in [2.24, 2.45) is 0 Å². The van der Waals surface area contributed by atoms with Crippen LogP contribution in [-0.2, 0) is 4.79 Å². The first-order valence-electron chi connectivity index (χ1n) is 4.96. The Labute approximate surface area is 102 Å². The molecule has 0 aromatic heterocycles. The number of nitrogens with zero attached hydrogens (tertiary/aromatic N) is 1. The fraction of sp³-hybridized carbons (Fsp3) is 0.167. The minimum absolute atomic E-state index is 0.109. The number of fused-ring (bicyclic) bond motifs is 1. The van der Waals surface area contributed by atoms with Gasteiger partial charge in [-0.3, -0.25) is 9.59 Å². The number of rotatable bonds is 2. The molecule has 1 aliphatic heterocycles. The molecule has 0 saturated heterocycles. The minimum atomic E-state index is -0.679. The average molecular weight is 254 g/mol. The highest BCUT2D eigenvalue weighted by molar-refractivity contribution is 6.52. The predicted octanol–water partition coefficient (Wildman–Crippen LogP) is 2.50. The van der Waals surface area contributed by atoms with Crippen molar-refractivity contribution in [3.63, 3.8) is 0 Å². The zero-order valence-corrected chi connectivity index (χ0v) is 9.79. The molecule has 3 nitrogen and oxygen atoms in total. The summed E-state index contributed by atoms with van der Waals surface area (Å²) in [5, 5.41) is 0. The van der Waals surface area contributed by atoms with Gasteiger partial charge in [0.05, 0.1) is 11.3 Å². The summed E-state index contributed by atoms with van der Waals surface area (Å²) in [7, 11) is 0. The molecular weight excluding hydrogens is 245 g/mol. The van der Waals surface area contributed by atoms with Gasteiger partial charge in [-0.05, 0) is 30.7 Å². The molecule has 17 heavy (non-hydrogen) atoms. The number of amides is 1. The normalized spacial score (nSPS) is 15.5. The van der Waals surface area contributed by atoms with E-state index in [4.69, 9.17) is 11.6 Å². The van der Waals surface area contributed by atoms with E-state index >= 15 is 0 Å². The standard InChI is InChI=1S/C12H9ClFNO2/c1-7(5-13)6-15-10-3-2-8(14)4-9(10)11(16)12(15)17/h2-5H,6H2,1H3/b7-5-. The van der Waals surface area contributed by atoms with Crippen molar-refractivity contribution in [3.05, 3.63) is 40.7 Å². The summed E-state index contributed by atoms with van der Waals surface area (Å²) >= 11 is 5.52. The fourth-order valence-electron chi connectivity index (χ4n) is 1.71. The third-order valence-electron chi connectivity index (χ3n) is 2.53. The van der Waals surface area contributed by atoms with Gasteiger partial charge in [0, 0.05) is 12.1 Å². The Morgan fingerprint density at radius 1 is 1.47 bits per heavy atom. The molecule has 0 bridgehead atoms. The lowest BCUT2D eigenvalue weighted by Crippen LogP contribution is -2.31. The van der Waals surface area contributed by atoms with Gasteiger partial charge in [-0.1, -0.05) is 11.6 Å². The second-order valence-corrected chi connectivity index (χ2v) is 4.06. The maximum absolute atomic E-state index is 13.0. The SMILES string of the molecule is C/C(=C/Cl)CN1C(=O)C(=O)c2cc(F)ccc21. The smallest absolute Gasteiger partial charge is 0.299 e. The van der Waals surface area contributed by atoms with Gasteiger partial charge >= 0.3 is 0 Å². The van der Waals surface area contributed by atoms with Crippen molar-refractivity contribution in [1.29, 1.82) is 0 Å². The topological polar surface area (TPSA) is 37.4 Å². The van der Waals surface area contributed by atoms with E-state index in [0.717, 1.165) is 11.6 Å². The summed E-state index contributed by atoms with van der Waals surface area (Å²) < 4.78 is 13.0. The van der Waals surface area contributed by atoms with Crippen LogP contribution in [-0.4, -0.2) is 18.2 Å². The predicted molar refractivity (Wildman–Crippen MR) is 62.7 cm³/mol. The Balaban J connectivity index is 2.45. The number of benzene rings is 1. The van der Waals surface area contributed by atoms with Gasteiger partial charge in [-0.15, -0.1) is 0 Å². The number of anilines is 1. The minimum Gasteiger partial charge on any atom is -0.301 e. The molecule has 88 valence electrons. The molecular formula is C12H9ClFNO2. The number of hydrogen-bond donors (Lipinski definition) is 0. The average Bonchev–Trinajstić information content (AvgIpc) is 2.54. The molecule has 1 amide bonds. The third kappa shape index (κ3) is 1.96. The first-order valence-corrected chi connectivity index (χ1v) is 5.40. The molecule has 1 aromatic rings. The second-order valence-electron chi connectivity index (χ2n) is 3.84. The van der Waals surface area contributed by atoms with Crippen molar-refractivity contribution in [2.45, 2.75) is 6.92 Å². The third-order valence-corrected chi connectivity index (χ3v) is 2.90. The molecule has 1 heterocycles. The van der Waals surface area contributed by atoms with Crippen LogP contribution in [0, 0.1) is 5.82 Å². The summed E-state index contributed by atoms with van der Waals surface area (Å²) in [6.07, 6.45) is 0. The number of carbonyl (C=O) groups is 2. The molecule has 0 spiro atoms. The lowest BCUT2D eigenvalue weighted by molar-refractivity contribution is -0.114. The Bertz CT molecular complexity index is 539. The highest BCUT2D eigenvalue weighted by atomic mass is 35.5. The fourth-order valence-corrected chi connectivity index (χ4v) is 1.78. The monoisotopic (exact) mass is 253 g/mol. The van der Waals surface area contributed by atoms with E-state index in [1.807, 2.05) is 0 Å². The van der Waals surface area contributed by atoms with E-state index in [-0.39, 0.29) is 12.1 Å². The van der Waals surface area contributed by atoms with Crippen LogP contribution in [0.2, 0.25) is 0 Å².